The highest BCUT2D eigenvalue weighted by atomic mass is 32.2. The van der Waals surface area contributed by atoms with Crippen LogP contribution in [0.2, 0.25) is 0 Å². The van der Waals surface area contributed by atoms with Gasteiger partial charge in [-0.3, -0.25) is 4.79 Å². The van der Waals surface area contributed by atoms with E-state index in [1.165, 1.54) is 21.7 Å². The summed E-state index contributed by atoms with van der Waals surface area (Å²) in [7, 11) is -3.62. The molecule has 0 aliphatic carbocycles. The average Bonchev–Trinajstić information content (AvgIpc) is 3.12. The molecule has 0 bridgehead atoms. The zero-order valence-corrected chi connectivity index (χ0v) is 15.6. The van der Waals surface area contributed by atoms with Crippen LogP contribution in [0.1, 0.15) is 22.5 Å². The van der Waals surface area contributed by atoms with E-state index in [1.807, 2.05) is 0 Å². The number of sulfonamides is 1. The van der Waals surface area contributed by atoms with Crippen molar-refractivity contribution in [2.45, 2.75) is 17.7 Å². The standard InChI is InChI=1S/C15H19N3O3S3/c16-11-12-1-4-17(5-2-12)15(19)14-13(3-8-23-14)24(20,21)18-6-9-22-10-7-18/h3,8,12H,1-2,4-7,9-10H2. The number of thiophene rings is 1. The monoisotopic (exact) mass is 385 g/mol. The third kappa shape index (κ3) is 3.47. The molecule has 2 saturated heterocycles. The molecule has 0 atom stereocenters. The van der Waals surface area contributed by atoms with E-state index < -0.39 is 10.0 Å². The minimum absolute atomic E-state index is 0.00793. The van der Waals surface area contributed by atoms with Gasteiger partial charge in [0, 0.05) is 43.6 Å². The molecule has 6 nitrogen and oxygen atoms in total. The Morgan fingerprint density at radius 2 is 1.88 bits per heavy atom. The molecule has 1 aromatic heterocycles. The molecule has 1 amide bonds. The van der Waals surface area contributed by atoms with Crippen LogP contribution in [0.25, 0.3) is 0 Å². The van der Waals surface area contributed by atoms with Gasteiger partial charge in [0.05, 0.1) is 6.07 Å². The first-order valence-corrected chi connectivity index (χ1v) is 11.4. The number of nitrogens with zero attached hydrogens (tertiary/aromatic N) is 3. The quantitative estimate of drug-likeness (QED) is 0.793. The second-order valence-electron chi connectivity index (χ2n) is 5.83. The molecule has 2 aliphatic rings. The predicted octanol–water partition coefficient (Wildman–Crippen LogP) is 1.86. The largest absolute Gasteiger partial charge is 0.338 e. The second-order valence-corrected chi connectivity index (χ2v) is 9.87. The van der Waals surface area contributed by atoms with Crippen LogP contribution in [0, 0.1) is 17.2 Å². The van der Waals surface area contributed by atoms with Crippen LogP contribution in [0.3, 0.4) is 0 Å². The molecule has 1 aromatic rings. The fourth-order valence-corrected chi connectivity index (χ4v) is 6.88. The van der Waals surface area contributed by atoms with Gasteiger partial charge < -0.3 is 4.90 Å². The smallest absolute Gasteiger partial charge is 0.265 e. The van der Waals surface area contributed by atoms with Gasteiger partial charge in [0.25, 0.3) is 5.91 Å². The molecule has 0 unspecified atom stereocenters. The van der Waals surface area contributed by atoms with Gasteiger partial charge in [0.15, 0.2) is 0 Å². The fourth-order valence-electron chi connectivity index (χ4n) is 2.94. The molecule has 0 aromatic carbocycles. The number of rotatable bonds is 3. The lowest BCUT2D eigenvalue weighted by molar-refractivity contribution is 0.0708. The number of carbonyl (C=O) groups is 1. The van der Waals surface area contributed by atoms with E-state index >= 15 is 0 Å². The molecular formula is C15H19N3O3S3. The summed E-state index contributed by atoms with van der Waals surface area (Å²) in [5.41, 5.74) is 0. The summed E-state index contributed by atoms with van der Waals surface area (Å²) in [5.74, 6) is 1.33. The minimum Gasteiger partial charge on any atom is -0.338 e. The number of thioether (sulfide) groups is 1. The van der Waals surface area contributed by atoms with Crippen LogP contribution < -0.4 is 0 Å². The molecule has 0 N–H and O–H groups in total. The van der Waals surface area contributed by atoms with Crippen molar-refractivity contribution >= 4 is 39.0 Å². The SMILES string of the molecule is N#CC1CCN(C(=O)c2sccc2S(=O)(=O)N2CCSCC2)CC1. The van der Waals surface area contributed by atoms with Gasteiger partial charge in [-0.15, -0.1) is 11.3 Å². The summed E-state index contributed by atoms with van der Waals surface area (Å²) in [5, 5.41) is 10.6. The highest BCUT2D eigenvalue weighted by Crippen LogP contribution is 2.29. The van der Waals surface area contributed by atoms with E-state index in [9.17, 15) is 13.2 Å². The lowest BCUT2D eigenvalue weighted by Gasteiger charge is -2.30. The van der Waals surface area contributed by atoms with Gasteiger partial charge in [0.2, 0.25) is 10.0 Å². The molecule has 0 saturated carbocycles. The number of amides is 1. The highest BCUT2D eigenvalue weighted by Gasteiger charge is 2.33. The van der Waals surface area contributed by atoms with E-state index in [4.69, 9.17) is 5.26 Å². The minimum atomic E-state index is -3.62. The summed E-state index contributed by atoms with van der Waals surface area (Å²) in [6.45, 7) is 2.00. The zero-order valence-electron chi connectivity index (χ0n) is 13.2. The van der Waals surface area contributed by atoms with Crippen LogP contribution in [-0.4, -0.2) is 61.2 Å². The van der Waals surface area contributed by atoms with Crippen LogP contribution in [0.4, 0.5) is 0 Å². The summed E-state index contributed by atoms with van der Waals surface area (Å²) < 4.78 is 27.2. The number of carbonyl (C=O) groups excluding carboxylic acids is 1. The second kappa shape index (κ2) is 7.44. The molecule has 2 fully saturated rings. The number of nitriles is 1. The Morgan fingerprint density at radius 3 is 2.50 bits per heavy atom. The predicted molar refractivity (Wildman–Crippen MR) is 94.6 cm³/mol. The maximum Gasteiger partial charge on any atom is 0.265 e. The van der Waals surface area contributed by atoms with Gasteiger partial charge in [-0.2, -0.15) is 21.3 Å². The lowest BCUT2D eigenvalue weighted by Crippen LogP contribution is -2.40. The van der Waals surface area contributed by atoms with E-state index in [0.29, 0.717) is 43.9 Å². The van der Waals surface area contributed by atoms with Crippen molar-refractivity contribution in [1.29, 1.82) is 5.26 Å². The zero-order chi connectivity index (χ0) is 17.2. The van der Waals surface area contributed by atoms with Gasteiger partial charge in [-0.1, -0.05) is 0 Å². The molecular weight excluding hydrogens is 366 g/mol. The fraction of sp³-hybridized carbons (Fsp3) is 0.600. The summed E-state index contributed by atoms with van der Waals surface area (Å²) in [4.78, 5) is 14.9. The van der Waals surface area contributed by atoms with Crippen LogP contribution in [0.15, 0.2) is 16.3 Å². The first-order chi connectivity index (χ1) is 11.5. The molecule has 2 aliphatic heterocycles. The normalized spacial score (nSPS) is 20.7. The van der Waals surface area contributed by atoms with Gasteiger partial charge >= 0.3 is 0 Å². The lowest BCUT2D eigenvalue weighted by atomic mass is 9.98. The van der Waals surface area contributed by atoms with Crippen LogP contribution in [-0.2, 0) is 10.0 Å². The molecule has 0 radical (unpaired) electrons. The van der Waals surface area contributed by atoms with Crippen molar-refractivity contribution in [3.8, 4) is 6.07 Å². The summed E-state index contributed by atoms with van der Waals surface area (Å²) in [6, 6.07) is 3.78. The number of piperidine rings is 1. The Labute approximate surface area is 150 Å². The van der Waals surface area contributed by atoms with Crippen LogP contribution >= 0.6 is 23.1 Å². The summed E-state index contributed by atoms with van der Waals surface area (Å²) >= 11 is 2.92. The van der Waals surface area contributed by atoms with Crippen molar-refractivity contribution in [2.75, 3.05) is 37.7 Å². The van der Waals surface area contributed by atoms with E-state index in [-0.39, 0.29) is 16.7 Å². The first-order valence-electron chi connectivity index (χ1n) is 7.88. The van der Waals surface area contributed by atoms with Gasteiger partial charge in [-0.25, -0.2) is 8.42 Å². The first kappa shape index (κ1) is 17.7. The molecule has 130 valence electrons. The Bertz CT molecular complexity index is 740. The van der Waals surface area contributed by atoms with E-state index in [1.54, 1.807) is 22.0 Å². The molecule has 9 heteroatoms. The Kier molecular flexibility index (Phi) is 5.49. The number of hydrogen-bond donors (Lipinski definition) is 0. The Balaban J connectivity index is 1.80. The molecule has 3 rings (SSSR count). The molecule has 0 spiro atoms. The van der Waals surface area contributed by atoms with Crippen molar-refractivity contribution in [3.05, 3.63) is 16.3 Å². The number of hydrogen-bond acceptors (Lipinski definition) is 6. The van der Waals surface area contributed by atoms with Crippen molar-refractivity contribution < 1.29 is 13.2 Å². The Hall–Kier alpha value is -1.08. The third-order valence-electron chi connectivity index (χ3n) is 4.38. The van der Waals surface area contributed by atoms with Gasteiger partial charge in [-0.05, 0) is 24.3 Å². The third-order valence-corrected chi connectivity index (χ3v) is 8.29. The maximum absolute atomic E-state index is 12.9. The van der Waals surface area contributed by atoms with Gasteiger partial charge in [0.1, 0.15) is 9.77 Å². The highest BCUT2D eigenvalue weighted by molar-refractivity contribution is 7.99. The van der Waals surface area contributed by atoms with Crippen LogP contribution in [0.5, 0.6) is 0 Å². The molecule has 3 heterocycles. The van der Waals surface area contributed by atoms with Crippen molar-refractivity contribution in [3.63, 3.8) is 0 Å². The van der Waals surface area contributed by atoms with E-state index in [0.717, 1.165) is 11.5 Å². The average molecular weight is 386 g/mol. The number of likely N-dealkylation sites (tertiary alicyclic amines) is 1. The summed E-state index contributed by atoms with van der Waals surface area (Å²) in [6.07, 6.45) is 1.30. The maximum atomic E-state index is 12.9. The van der Waals surface area contributed by atoms with Crippen molar-refractivity contribution in [2.24, 2.45) is 5.92 Å². The molecule has 24 heavy (non-hydrogen) atoms. The van der Waals surface area contributed by atoms with Crippen molar-refractivity contribution in [1.82, 2.24) is 9.21 Å². The van der Waals surface area contributed by atoms with E-state index in [2.05, 4.69) is 6.07 Å². The topological polar surface area (TPSA) is 81.5 Å². The Morgan fingerprint density at radius 1 is 1.21 bits per heavy atom.